The zero-order valence-electron chi connectivity index (χ0n) is 16.3. The first-order valence-corrected chi connectivity index (χ1v) is 9.53. The molecule has 0 aliphatic carbocycles. The molecule has 1 atom stereocenters. The lowest BCUT2D eigenvalue weighted by molar-refractivity contribution is -0.140. The number of nitrogens with one attached hydrogen (secondary N) is 1. The van der Waals surface area contributed by atoms with Crippen molar-refractivity contribution in [2.45, 2.75) is 19.9 Å². The monoisotopic (exact) mass is 396 g/mol. The van der Waals surface area contributed by atoms with Gasteiger partial charge in [0.05, 0.1) is 18.2 Å². The Labute approximate surface area is 170 Å². The number of carbonyl (C=O) groups is 1. The van der Waals surface area contributed by atoms with E-state index in [0.717, 1.165) is 22.5 Å². The molecule has 0 fully saturated rings. The maximum atomic E-state index is 13.0. The number of rotatable bonds is 6. The number of nitrogens with zero attached hydrogens (tertiary/aromatic N) is 1. The molecule has 0 unspecified atom stereocenters. The molecule has 2 aromatic carbocycles. The Morgan fingerprint density at radius 2 is 1.75 bits per heavy atom. The highest BCUT2D eigenvalue weighted by Gasteiger charge is 2.35. The quantitative estimate of drug-likeness (QED) is 0.454. The number of anilines is 1. The van der Waals surface area contributed by atoms with Gasteiger partial charge in [-0.2, -0.15) is 0 Å². The van der Waals surface area contributed by atoms with Crippen LogP contribution in [0.4, 0.5) is 5.69 Å². The average molecular weight is 397 g/mol. The first-order chi connectivity index (χ1) is 13.5. The van der Waals surface area contributed by atoms with Crippen LogP contribution in [0, 0.1) is 6.92 Å². The zero-order valence-corrected chi connectivity index (χ0v) is 17.1. The fourth-order valence-corrected chi connectivity index (χ4v) is 3.56. The number of allylic oxidation sites excluding steroid dienone is 1. The molecule has 28 heavy (non-hydrogen) atoms. The van der Waals surface area contributed by atoms with Gasteiger partial charge in [-0.05, 0) is 43.8 Å². The van der Waals surface area contributed by atoms with Crippen molar-refractivity contribution in [3.05, 3.63) is 77.0 Å². The van der Waals surface area contributed by atoms with Crippen LogP contribution >= 0.6 is 12.2 Å². The highest BCUT2D eigenvalue weighted by Crippen LogP contribution is 2.34. The van der Waals surface area contributed by atoms with Gasteiger partial charge in [0.2, 0.25) is 0 Å². The van der Waals surface area contributed by atoms with Gasteiger partial charge in [-0.15, -0.1) is 0 Å². The Morgan fingerprint density at radius 3 is 2.39 bits per heavy atom. The highest BCUT2D eigenvalue weighted by atomic mass is 32.1. The second-order valence-electron chi connectivity index (χ2n) is 6.59. The average Bonchev–Trinajstić information content (AvgIpc) is 2.69. The molecule has 0 saturated carbocycles. The molecule has 0 radical (unpaired) electrons. The van der Waals surface area contributed by atoms with E-state index in [-0.39, 0.29) is 18.6 Å². The third-order valence-electron chi connectivity index (χ3n) is 4.65. The van der Waals surface area contributed by atoms with Gasteiger partial charge in [-0.1, -0.05) is 48.0 Å². The van der Waals surface area contributed by atoms with Gasteiger partial charge in [-0.3, -0.25) is 4.90 Å². The zero-order chi connectivity index (χ0) is 20.1. The molecule has 3 rings (SSSR count). The van der Waals surface area contributed by atoms with Crippen LogP contribution < -0.4 is 10.2 Å². The Morgan fingerprint density at radius 1 is 1.07 bits per heavy atom. The molecule has 2 aromatic rings. The Kier molecular flexibility index (Phi) is 6.44. The summed E-state index contributed by atoms with van der Waals surface area (Å²) in [5, 5.41) is 3.86. The summed E-state index contributed by atoms with van der Waals surface area (Å²) in [7, 11) is 1.57. The topological polar surface area (TPSA) is 50.8 Å². The molecule has 6 heteroatoms. The maximum Gasteiger partial charge on any atom is 0.338 e. The Balaban J connectivity index is 2.04. The van der Waals surface area contributed by atoms with Crippen LogP contribution in [0.3, 0.4) is 0 Å². The fourth-order valence-electron chi connectivity index (χ4n) is 3.20. The van der Waals surface area contributed by atoms with Gasteiger partial charge >= 0.3 is 5.97 Å². The highest BCUT2D eigenvalue weighted by molar-refractivity contribution is 7.80. The Hall–Kier alpha value is -2.70. The van der Waals surface area contributed by atoms with Gasteiger partial charge in [-0.25, -0.2) is 4.79 Å². The third-order valence-corrected chi connectivity index (χ3v) is 4.95. The van der Waals surface area contributed by atoms with Crippen molar-refractivity contribution >= 4 is 29.0 Å². The molecule has 1 aliphatic heterocycles. The molecule has 1 aliphatic rings. The predicted molar refractivity (Wildman–Crippen MR) is 114 cm³/mol. The van der Waals surface area contributed by atoms with E-state index in [2.05, 4.69) is 5.32 Å². The van der Waals surface area contributed by atoms with E-state index in [9.17, 15) is 4.79 Å². The predicted octanol–water partition coefficient (Wildman–Crippen LogP) is 3.89. The molecule has 1 heterocycles. The number of carbonyl (C=O) groups excluding carboxylic acids is 1. The van der Waals surface area contributed by atoms with Gasteiger partial charge < -0.3 is 14.8 Å². The largest absolute Gasteiger partial charge is 0.460 e. The minimum atomic E-state index is -0.379. The van der Waals surface area contributed by atoms with Crippen LogP contribution in [0.1, 0.15) is 24.1 Å². The van der Waals surface area contributed by atoms with Crippen molar-refractivity contribution in [2.24, 2.45) is 0 Å². The smallest absolute Gasteiger partial charge is 0.338 e. The lowest BCUT2D eigenvalue weighted by Crippen LogP contribution is -2.48. The molecule has 0 bridgehead atoms. The van der Waals surface area contributed by atoms with Gasteiger partial charge in [0.1, 0.15) is 6.61 Å². The van der Waals surface area contributed by atoms with Crippen molar-refractivity contribution in [2.75, 3.05) is 25.2 Å². The lowest BCUT2D eigenvalue weighted by atomic mass is 9.95. The summed E-state index contributed by atoms with van der Waals surface area (Å²) in [5.41, 5.74) is 4.30. The molecule has 146 valence electrons. The molecule has 0 saturated heterocycles. The SMILES string of the molecule is COCCOC(=O)C1=C(C)N(c2ccc(C)cc2)C(=S)N[C@H]1c1ccccc1. The van der Waals surface area contributed by atoms with Crippen molar-refractivity contribution in [1.29, 1.82) is 0 Å². The van der Waals surface area contributed by atoms with E-state index in [1.165, 1.54) is 0 Å². The third kappa shape index (κ3) is 4.24. The number of esters is 1. The molecule has 0 amide bonds. The standard InChI is InChI=1S/C22H24N2O3S/c1-15-9-11-18(12-10-15)24-16(2)19(21(25)27-14-13-26-3)20(23-22(24)28)17-7-5-4-6-8-17/h4-12,20H,13-14H2,1-3H3,(H,23,28)/t20-/m0/s1. The second-order valence-corrected chi connectivity index (χ2v) is 6.98. The van der Waals surface area contributed by atoms with Crippen LogP contribution in [0.15, 0.2) is 65.9 Å². The first-order valence-electron chi connectivity index (χ1n) is 9.12. The summed E-state index contributed by atoms with van der Waals surface area (Å²) in [4.78, 5) is 14.8. The minimum absolute atomic E-state index is 0.197. The Bertz CT molecular complexity index is 878. The molecule has 0 spiro atoms. The van der Waals surface area contributed by atoms with E-state index in [4.69, 9.17) is 21.7 Å². The van der Waals surface area contributed by atoms with Crippen LogP contribution in [0.2, 0.25) is 0 Å². The summed E-state index contributed by atoms with van der Waals surface area (Å²) in [6.07, 6.45) is 0. The van der Waals surface area contributed by atoms with Crippen LogP contribution in [-0.2, 0) is 14.3 Å². The van der Waals surface area contributed by atoms with Crippen molar-refractivity contribution in [3.63, 3.8) is 0 Å². The van der Waals surface area contributed by atoms with E-state index < -0.39 is 0 Å². The summed E-state index contributed by atoms with van der Waals surface area (Å²) in [5.74, 6) is -0.379. The number of methoxy groups -OCH3 is 1. The second kappa shape index (κ2) is 8.99. The van der Waals surface area contributed by atoms with Gasteiger partial charge in [0, 0.05) is 18.5 Å². The summed E-state index contributed by atoms with van der Waals surface area (Å²) < 4.78 is 10.4. The van der Waals surface area contributed by atoms with Crippen LogP contribution in [0.25, 0.3) is 0 Å². The van der Waals surface area contributed by atoms with E-state index in [0.29, 0.717) is 17.3 Å². The number of aryl methyl sites for hydroxylation is 1. The summed E-state index contributed by atoms with van der Waals surface area (Å²) in [6.45, 7) is 4.48. The fraction of sp³-hybridized carbons (Fsp3) is 0.273. The molecule has 0 aromatic heterocycles. The van der Waals surface area contributed by atoms with Crippen molar-refractivity contribution in [1.82, 2.24) is 5.32 Å². The van der Waals surface area contributed by atoms with Gasteiger partial charge in [0.15, 0.2) is 5.11 Å². The molecule has 5 nitrogen and oxygen atoms in total. The van der Waals surface area contributed by atoms with Crippen molar-refractivity contribution in [3.8, 4) is 0 Å². The van der Waals surface area contributed by atoms with E-state index >= 15 is 0 Å². The van der Waals surface area contributed by atoms with Crippen LogP contribution in [-0.4, -0.2) is 31.4 Å². The number of ether oxygens (including phenoxy) is 2. The molecular formula is C22H24N2O3S. The van der Waals surface area contributed by atoms with E-state index in [1.807, 2.05) is 73.3 Å². The lowest BCUT2D eigenvalue weighted by Gasteiger charge is -2.37. The number of thiocarbonyl (C=S) groups is 1. The normalized spacial score (nSPS) is 16.8. The summed E-state index contributed by atoms with van der Waals surface area (Å²) >= 11 is 5.65. The summed E-state index contributed by atoms with van der Waals surface area (Å²) in [6, 6.07) is 17.4. The van der Waals surface area contributed by atoms with Crippen molar-refractivity contribution < 1.29 is 14.3 Å². The number of benzene rings is 2. The maximum absolute atomic E-state index is 13.0. The minimum Gasteiger partial charge on any atom is -0.460 e. The number of hydrogen-bond acceptors (Lipinski definition) is 4. The first kappa shape index (κ1) is 20.0. The van der Waals surface area contributed by atoms with E-state index in [1.54, 1.807) is 7.11 Å². The van der Waals surface area contributed by atoms with Gasteiger partial charge in [0.25, 0.3) is 0 Å². The molecule has 1 N–H and O–H groups in total. The molecular weight excluding hydrogens is 372 g/mol. The number of hydrogen-bond donors (Lipinski definition) is 1. The van der Waals surface area contributed by atoms with Crippen LogP contribution in [0.5, 0.6) is 0 Å².